The third-order valence-corrected chi connectivity index (χ3v) is 3.11. The number of hydrogen-bond acceptors (Lipinski definition) is 3. The molecular formula is C11H22ClNO2. The zero-order chi connectivity index (χ0) is 10.8. The summed E-state index contributed by atoms with van der Waals surface area (Å²) in [7, 11) is 1.46. The van der Waals surface area contributed by atoms with Crippen molar-refractivity contribution in [2.24, 2.45) is 17.3 Å². The Labute approximate surface area is 98.4 Å². The first-order valence-electron chi connectivity index (χ1n) is 5.23. The van der Waals surface area contributed by atoms with E-state index in [9.17, 15) is 4.79 Å². The zero-order valence-electron chi connectivity index (χ0n) is 10.0. The minimum atomic E-state index is -0.0774. The lowest BCUT2D eigenvalue weighted by Gasteiger charge is -2.37. The average Bonchev–Trinajstić information content (AvgIpc) is 2.15. The fraction of sp³-hybridized carbons (Fsp3) is 0.909. The summed E-state index contributed by atoms with van der Waals surface area (Å²) in [6.45, 7) is 8.44. The maximum Gasteiger partial charge on any atom is 0.309 e. The van der Waals surface area contributed by atoms with E-state index < -0.39 is 0 Å². The standard InChI is InChI=1S/C11H21NO2.ClH/c1-11(2,3)9-5-8(6-12-7-9)10(13)14-4;/h8-9,12H,5-7H2,1-4H3;1H/t8-,9+;/m0./s1. The Morgan fingerprint density at radius 3 is 2.40 bits per heavy atom. The van der Waals surface area contributed by atoms with Crippen LogP contribution in [0.25, 0.3) is 0 Å². The van der Waals surface area contributed by atoms with Crippen molar-refractivity contribution >= 4 is 18.4 Å². The predicted octanol–water partition coefficient (Wildman–Crippen LogP) is 1.85. The monoisotopic (exact) mass is 235 g/mol. The summed E-state index contributed by atoms with van der Waals surface area (Å²) in [4.78, 5) is 11.4. The van der Waals surface area contributed by atoms with Crippen molar-refractivity contribution in [1.29, 1.82) is 0 Å². The van der Waals surface area contributed by atoms with E-state index in [2.05, 4.69) is 26.1 Å². The molecule has 0 radical (unpaired) electrons. The van der Waals surface area contributed by atoms with Crippen molar-refractivity contribution in [1.82, 2.24) is 5.32 Å². The molecule has 1 fully saturated rings. The van der Waals surface area contributed by atoms with Crippen molar-refractivity contribution in [2.45, 2.75) is 27.2 Å². The van der Waals surface area contributed by atoms with Gasteiger partial charge in [-0.2, -0.15) is 0 Å². The molecule has 0 bridgehead atoms. The summed E-state index contributed by atoms with van der Waals surface area (Å²) < 4.78 is 4.77. The second-order valence-corrected chi connectivity index (χ2v) is 5.18. The molecule has 0 unspecified atom stereocenters. The van der Waals surface area contributed by atoms with Crippen LogP contribution in [-0.4, -0.2) is 26.2 Å². The van der Waals surface area contributed by atoms with Crippen LogP contribution in [0.1, 0.15) is 27.2 Å². The molecular weight excluding hydrogens is 214 g/mol. The summed E-state index contributed by atoms with van der Waals surface area (Å²) in [5.41, 5.74) is 0.264. The molecule has 0 aromatic carbocycles. The normalized spacial score (nSPS) is 26.7. The van der Waals surface area contributed by atoms with Crippen molar-refractivity contribution in [3.63, 3.8) is 0 Å². The molecule has 0 aromatic rings. The van der Waals surface area contributed by atoms with E-state index >= 15 is 0 Å². The number of nitrogens with one attached hydrogen (secondary N) is 1. The minimum Gasteiger partial charge on any atom is -0.469 e. The molecule has 1 N–H and O–H groups in total. The van der Waals surface area contributed by atoms with E-state index in [0.717, 1.165) is 19.5 Å². The number of esters is 1. The number of methoxy groups -OCH3 is 1. The summed E-state index contributed by atoms with van der Waals surface area (Å²) >= 11 is 0. The van der Waals surface area contributed by atoms with Crippen LogP contribution < -0.4 is 5.32 Å². The Morgan fingerprint density at radius 1 is 1.33 bits per heavy atom. The molecule has 1 heterocycles. The highest BCUT2D eigenvalue weighted by molar-refractivity contribution is 5.85. The largest absolute Gasteiger partial charge is 0.469 e. The molecule has 0 aliphatic carbocycles. The maximum atomic E-state index is 11.4. The van der Waals surface area contributed by atoms with Crippen molar-refractivity contribution in [3.8, 4) is 0 Å². The Hall–Kier alpha value is -0.280. The van der Waals surface area contributed by atoms with Gasteiger partial charge in [0.2, 0.25) is 0 Å². The lowest BCUT2D eigenvalue weighted by Crippen LogP contribution is -2.44. The van der Waals surface area contributed by atoms with Gasteiger partial charge in [-0.1, -0.05) is 20.8 Å². The second-order valence-electron chi connectivity index (χ2n) is 5.18. The lowest BCUT2D eigenvalue weighted by atomic mass is 9.74. The quantitative estimate of drug-likeness (QED) is 0.705. The Balaban J connectivity index is 0.00000196. The van der Waals surface area contributed by atoms with Gasteiger partial charge in [-0.05, 0) is 24.3 Å². The molecule has 90 valence electrons. The molecule has 0 amide bonds. The van der Waals surface area contributed by atoms with Gasteiger partial charge in [0.25, 0.3) is 0 Å². The van der Waals surface area contributed by atoms with E-state index in [4.69, 9.17) is 4.74 Å². The van der Waals surface area contributed by atoms with Crippen LogP contribution in [0.15, 0.2) is 0 Å². The van der Waals surface area contributed by atoms with Gasteiger partial charge in [0.1, 0.15) is 0 Å². The smallest absolute Gasteiger partial charge is 0.309 e. The van der Waals surface area contributed by atoms with E-state index in [1.807, 2.05) is 0 Å². The van der Waals surface area contributed by atoms with Gasteiger partial charge < -0.3 is 10.1 Å². The Kier molecular flexibility index (Phi) is 5.60. The molecule has 15 heavy (non-hydrogen) atoms. The Morgan fingerprint density at radius 2 is 1.93 bits per heavy atom. The van der Waals surface area contributed by atoms with E-state index in [1.165, 1.54) is 7.11 Å². The average molecular weight is 236 g/mol. The van der Waals surface area contributed by atoms with E-state index in [0.29, 0.717) is 5.92 Å². The van der Waals surface area contributed by atoms with Crippen LogP contribution in [0, 0.1) is 17.3 Å². The van der Waals surface area contributed by atoms with Crippen LogP contribution in [-0.2, 0) is 9.53 Å². The van der Waals surface area contributed by atoms with Crippen LogP contribution in [0.2, 0.25) is 0 Å². The maximum absolute atomic E-state index is 11.4. The first-order chi connectivity index (χ1) is 6.45. The summed E-state index contributed by atoms with van der Waals surface area (Å²) in [6, 6.07) is 0. The van der Waals surface area contributed by atoms with E-state index in [1.54, 1.807) is 0 Å². The summed E-state index contributed by atoms with van der Waals surface area (Å²) in [5.74, 6) is 0.518. The third kappa shape index (κ3) is 3.99. The van der Waals surface area contributed by atoms with Crippen molar-refractivity contribution in [3.05, 3.63) is 0 Å². The number of halogens is 1. The van der Waals surface area contributed by atoms with Gasteiger partial charge in [-0.3, -0.25) is 4.79 Å². The van der Waals surface area contributed by atoms with Crippen LogP contribution in [0.5, 0.6) is 0 Å². The number of rotatable bonds is 1. The first-order valence-corrected chi connectivity index (χ1v) is 5.23. The predicted molar refractivity (Wildman–Crippen MR) is 63.2 cm³/mol. The highest BCUT2D eigenvalue weighted by atomic mass is 35.5. The topological polar surface area (TPSA) is 38.3 Å². The van der Waals surface area contributed by atoms with Gasteiger partial charge >= 0.3 is 5.97 Å². The molecule has 1 aliphatic heterocycles. The van der Waals surface area contributed by atoms with Crippen LogP contribution >= 0.6 is 12.4 Å². The fourth-order valence-corrected chi connectivity index (χ4v) is 1.95. The third-order valence-electron chi connectivity index (χ3n) is 3.11. The minimum absolute atomic E-state index is 0. The zero-order valence-corrected chi connectivity index (χ0v) is 10.8. The molecule has 2 atom stereocenters. The van der Waals surface area contributed by atoms with Crippen LogP contribution in [0.3, 0.4) is 0 Å². The number of carbonyl (C=O) groups is 1. The summed E-state index contributed by atoms with van der Waals surface area (Å²) in [5, 5.41) is 3.31. The lowest BCUT2D eigenvalue weighted by molar-refractivity contribution is -0.147. The molecule has 3 nitrogen and oxygen atoms in total. The van der Waals surface area contributed by atoms with Gasteiger partial charge in [-0.15, -0.1) is 12.4 Å². The number of hydrogen-bond donors (Lipinski definition) is 1. The number of piperidine rings is 1. The highest BCUT2D eigenvalue weighted by Crippen LogP contribution is 2.33. The van der Waals surface area contributed by atoms with Gasteiger partial charge in [0, 0.05) is 6.54 Å². The second kappa shape index (κ2) is 5.71. The van der Waals surface area contributed by atoms with Crippen LogP contribution in [0.4, 0.5) is 0 Å². The van der Waals surface area contributed by atoms with Gasteiger partial charge in [0.15, 0.2) is 0 Å². The number of carbonyl (C=O) groups excluding carboxylic acids is 1. The molecule has 0 aromatic heterocycles. The molecule has 4 heteroatoms. The van der Waals surface area contributed by atoms with Gasteiger partial charge in [0.05, 0.1) is 13.0 Å². The number of ether oxygens (including phenoxy) is 1. The molecule has 0 spiro atoms. The highest BCUT2D eigenvalue weighted by Gasteiger charge is 2.33. The molecule has 1 saturated heterocycles. The molecule has 1 rings (SSSR count). The van der Waals surface area contributed by atoms with E-state index in [-0.39, 0.29) is 29.7 Å². The fourth-order valence-electron chi connectivity index (χ4n) is 1.95. The molecule has 1 aliphatic rings. The Bertz CT molecular complexity index is 213. The van der Waals surface area contributed by atoms with Crippen molar-refractivity contribution in [2.75, 3.05) is 20.2 Å². The SMILES string of the molecule is COC(=O)[C@@H]1CNC[C@H](C(C)(C)C)C1.Cl. The first kappa shape index (κ1) is 14.7. The van der Waals surface area contributed by atoms with Gasteiger partial charge in [-0.25, -0.2) is 0 Å². The summed E-state index contributed by atoms with van der Waals surface area (Å²) in [6.07, 6.45) is 0.948. The van der Waals surface area contributed by atoms with Crippen molar-refractivity contribution < 1.29 is 9.53 Å². The molecule has 0 saturated carbocycles.